The van der Waals surface area contributed by atoms with Gasteiger partial charge in [0, 0.05) is 37.0 Å². The highest BCUT2D eigenvalue weighted by Gasteiger charge is 2.15. The fourth-order valence-corrected chi connectivity index (χ4v) is 3.14. The molecule has 0 spiro atoms. The molecule has 1 heterocycles. The normalized spacial score (nSPS) is 12.0. The fraction of sp³-hybridized carbons (Fsp3) is 0.200. The van der Waals surface area contributed by atoms with E-state index in [1.807, 2.05) is 49.5 Å². The van der Waals surface area contributed by atoms with Crippen molar-refractivity contribution >= 4 is 17.5 Å². The summed E-state index contributed by atoms with van der Waals surface area (Å²) in [6.45, 7) is 0.363. The Balaban J connectivity index is 1.73. The third-order valence-corrected chi connectivity index (χ3v) is 4.59. The average molecular weight is 369 g/mol. The predicted octanol–water partition coefficient (Wildman–Crippen LogP) is 3.04. The molecule has 3 N–H and O–H groups in total. The quantitative estimate of drug-likeness (QED) is 0.702. The van der Waals surface area contributed by atoms with Gasteiger partial charge in [-0.1, -0.05) is 48.0 Å². The molecule has 0 fully saturated rings. The lowest BCUT2D eigenvalue weighted by Gasteiger charge is -2.17. The molecular formula is C20H21ClN4O. The molecular weight excluding hydrogens is 348 g/mol. The van der Waals surface area contributed by atoms with Gasteiger partial charge in [0.15, 0.2) is 0 Å². The molecule has 5 nitrogen and oxygen atoms in total. The van der Waals surface area contributed by atoms with E-state index in [0.29, 0.717) is 23.6 Å². The van der Waals surface area contributed by atoms with Crippen molar-refractivity contribution in [2.24, 2.45) is 12.8 Å². The van der Waals surface area contributed by atoms with E-state index in [-0.39, 0.29) is 11.9 Å². The number of carbonyl (C=O) groups excluding carboxylic acids is 1. The number of hydrogen-bond acceptors (Lipinski definition) is 3. The molecule has 1 aromatic heterocycles. The Morgan fingerprint density at radius 1 is 1.23 bits per heavy atom. The van der Waals surface area contributed by atoms with Crippen LogP contribution in [0.4, 0.5) is 0 Å². The van der Waals surface area contributed by atoms with Gasteiger partial charge in [-0.25, -0.2) is 0 Å². The van der Waals surface area contributed by atoms with E-state index in [1.54, 1.807) is 23.0 Å². The number of nitrogens with one attached hydrogen (secondary N) is 1. The summed E-state index contributed by atoms with van der Waals surface area (Å²) in [4.78, 5) is 12.6. The molecule has 0 aliphatic heterocycles. The molecule has 0 radical (unpaired) electrons. The zero-order valence-corrected chi connectivity index (χ0v) is 15.3. The molecule has 134 valence electrons. The van der Waals surface area contributed by atoms with Gasteiger partial charge in [-0.15, -0.1) is 0 Å². The lowest BCUT2D eigenvalue weighted by molar-refractivity contribution is 0.0938. The first-order valence-electron chi connectivity index (χ1n) is 8.41. The van der Waals surface area contributed by atoms with E-state index in [9.17, 15) is 4.79 Å². The van der Waals surface area contributed by atoms with Crippen LogP contribution < -0.4 is 11.1 Å². The molecule has 0 bridgehead atoms. The highest BCUT2D eigenvalue weighted by molar-refractivity contribution is 6.33. The second kappa shape index (κ2) is 8.17. The Kier molecular flexibility index (Phi) is 5.71. The second-order valence-electron chi connectivity index (χ2n) is 6.13. The smallest absolute Gasteiger partial charge is 0.251 e. The molecule has 0 aliphatic rings. The molecule has 1 atom stereocenters. The Hall–Kier alpha value is -2.63. The number of aromatic nitrogens is 2. The molecule has 2 aromatic carbocycles. The van der Waals surface area contributed by atoms with Crippen LogP contribution >= 0.6 is 11.6 Å². The summed E-state index contributed by atoms with van der Waals surface area (Å²) in [5, 5.41) is 7.64. The van der Waals surface area contributed by atoms with E-state index in [4.69, 9.17) is 17.3 Å². The summed E-state index contributed by atoms with van der Waals surface area (Å²) < 4.78 is 1.74. The van der Waals surface area contributed by atoms with Crippen LogP contribution in [0, 0.1) is 0 Å². The van der Waals surface area contributed by atoms with Crippen LogP contribution in [0.25, 0.3) is 11.3 Å². The lowest BCUT2D eigenvalue weighted by atomic mass is 10.0. The Bertz CT molecular complexity index is 892. The maximum Gasteiger partial charge on any atom is 0.251 e. The van der Waals surface area contributed by atoms with Crippen molar-refractivity contribution in [2.75, 3.05) is 6.54 Å². The van der Waals surface area contributed by atoms with Crippen molar-refractivity contribution in [1.82, 2.24) is 15.1 Å². The topological polar surface area (TPSA) is 72.9 Å². The van der Waals surface area contributed by atoms with Gasteiger partial charge in [0.2, 0.25) is 0 Å². The van der Waals surface area contributed by atoms with Crippen LogP contribution in [0.15, 0.2) is 60.8 Å². The largest absolute Gasteiger partial charge is 0.348 e. The molecule has 6 heteroatoms. The van der Waals surface area contributed by atoms with Gasteiger partial charge >= 0.3 is 0 Å². The molecule has 3 rings (SSSR count). The summed E-state index contributed by atoms with van der Waals surface area (Å²) in [5.41, 5.74) is 9.20. The van der Waals surface area contributed by atoms with Crippen LogP contribution in [0.3, 0.4) is 0 Å². The van der Waals surface area contributed by atoms with E-state index in [1.165, 1.54) is 0 Å². The molecule has 3 aromatic rings. The summed E-state index contributed by atoms with van der Waals surface area (Å²) >= 11 is 6.39. The van der Waals surface area contributed by atoms with E-state index < -0.39 is 0 Å². The summed E-state index contributed by atoms with van der Waals surface area (Å²) in [5.74, 6) is -0.185. The summed E-state index contributed by atoms with van der Waals surface area (Å²) in [6, 6.07) is 17.0. The van der Waals surface area contributed by atoms with Gasteiger partial charge in [0.05, 0.1) is 10.7 Å². The standard InChI is InChI=1S/C20H21ClN4O/c1-25-19(9-10-23-25)17-8-7-15(12-18(17)21)20(26)24-16(13-22)11-14-5-3-2-4-6-14/h2-10,12,16H,11,13,22H2,1H3,(H,24,26). The Morgan fingerprint density at radius 3 is 2.62 bits per heavy atom. The summed E-state index contributed by atoms with van der Waals surface area (Å²) in [7, 11) is 1.85. The number of amides is 1. The first-order valence-corrected chi connectivity index (χ1v) is 8.79. The van der Waals surface area contributed by atoms with Crippen LogP contribution in [-0.4, -0.2) is 28.3 Å². The lowest BCUT2D eigenvalue weighted by Crippen LogP contribution is -2.41. The van der Waals surface area contributed by atoms with Crippen molar-refractivity contribution in [3.63, 3.8) is 0 Å². The highest BCUT2D eigenvalue weighted by atomic mass is 35.5. The van der Waals surface area contributed by atoms with Crippen molar-refractivity contribution in [1.29, 1.82) is 0 Å². The molecule has 26 heavy (non-hydrogen) atoms. The van der Waals surface area contributed by atoms with E-state index >= 15 is 0 Å². The van der Waals surface area contributed by atoms with Gasteiger partial charge in [-0.05, 0) is 30.2 Å². The van der Waals surface area contributed by atoms with Gasteiger partial charge in [0.25, 0.3) is 5.91 Å². The number of nitrogens with two attached hydrogens (primary N) is 1. The molecule has 0 saturated heterocycles. The number of hydrogen-bond donors (Lipinski definition) is 2. The molecule has 1 unspecified atom stereocenters. The third-order valence-electron chi connectivity index (χ3n) is 4.27. The van der Waals surface area contributed by atoms with Crippen molar-refractivity contribution in [2.45, 2.75) is 12.5 Å². The second-order valence-corrected chi connectivity index (χ2v) is 6.54. The molecule has 0 aliphatic carbocycles. The fourth-order valence-electron chi connectivity index (χ4n) is 2.86. The number of halogens is 1. The third kappa shape index (κ3) is 4.12. The highest BCUT2D eigenvalue weighted by Crippen LogP contribution is 2.28. The first-order chi connectivity index (χ1) is 12.6. The maximum absolute atomic E-state index is 12.6. The minimum atomic E-state index is -0.185. The van der Waals surface area contributed by atoms with Crippen LogP contribution in [0.1, 0.15) is 15.9 Å². The van der Waals surface area contributed by atoms with Gasteiger partial charge in [-0.3, -0.25) is 9.48 Å². The van der Waals surface area contributed by atoms with Gasteiger partial charge in [-0.2, -0.15) is 5.10 Å². The monoisotopic (exact) mass is 368 g/mol. The van der Waals surface area contributed by atoms with Crippen LogP contribution in [0.2, 0.25) is 5.02 Å². The average Bonchev–Trinajstić information content (AvgIpc) is 3.07. The van der Waals surface area contributed by atoms with Crippen molar-refractivity contribution in [3.8, 4) is 11.3 Å². The number of rotatable bonds is 6. The number of benzene rings is 2. The van der Waals surface area contributed by atoms with Crippen molar-refractivity contribution in [3.05, 3.63) is 76.9 Å². The summed E-state index contributed by atoms with van der Waals surface area (Å²) in [6.07, 6.45) is 2.39. The predicted molar refractivity (Wildman–Crippen MR) is 104 cm³/mol. The Morgan fingerprint density at radius 2 is 2.00 bits per heavy atom. The van der Waals surface area contributed by atoms with Crippen LogP contribution in [0.5, 0.6) is 0 Å². The maximum atomic E-state index is 12.6. The number of carbonyl (C=O) groups is 1. The van der Waals surface area contributed by atoms with Gasteiger partial charge in [0.1, 0.15) is 0 Å². The zero-order valence-electron chi connectivity index (χ0n) is 14.5. The number of aryl methyl sites for hydroxylation is 1. The Labute approximate surface area is 157 Å². The number of nitrogens with zero attached hydrogens (tertiary/aromatic N) is 2. The van der Waals surface area contributed by atoms with E-state index in [0.717, 1.165) is 16.8 Å². The van der Waals surface area contributed by atoms with Crippen LogP contribution in [-0.2, 0) is 13.5 Å². The minimum absolute atomic E-state index is 0.138. The molecule has 1 amide bonds. The minimum Gasteiger partial charge on any atom is -0.348 e. The SMILES string of the molecule is Cn1nccc1-c1ccc(C(=O)NC(CN)Cc2ccccc2)cc1Cl. The first kappa shape index (κ1) is 18.2. The molecule has 0 saturated carbocycles. The van der Waals surface area contributed by atoms with Crippen molar-refractivity contribution < 1.29 is 4.79 Å². The zero-order chi connectivity index (χ0) is 18.5. The van der Waals surface area contributed by atoms with E-state index in [2.05, 4.69) is 10.4 Å². The van der Waals surface area contributed by atoms with Gasteiger partial charge < -0.3 is 11.1 Å².